The Kier molecular flexibility index (Phi) is 5.57. The number of aliphatic carboxylic acids is 1. The zero-order valence-corrected chi connectivity index (χ0v) is 12.9. The van der Waals surface area contributed by atoms with Crippen molar-refractivity contribution in [3.05, 3.63) is 54.1 Å². The van der Waals surface area contributed by atoms with Crippen LogP contribution in [0, 0.1) is 0 Å². The van der Waals surface area contributed by atoms with Gasteiger partial charge < -0.3 is 14.6 Å². The Morgan fingerprint density at radius 3 is 2.61 bits per heavy atom. The Labute approximate surface area is 134 Å². The van der Waals surface area contributed by atoms with Crippen LogP contribution in [0.25, 0.3) is 0 Å². The predicted molar refractivity (Wildman–Crippen MR) is 88.4 cm³/mol. The fourth-order valence-corrected chi connectivity index (χ4v) is 1.84. The first kappa shape index (κ1) is 16.4. The number of para-hydroxylation sites is 2. The Balaban J connectivity index is 2.21. The third-order valence-electron chi connectivity index (χ3n) is 3.04. The number of carboxylic acids is 1. The highest BCUT2D eigenvalue weighted by Crippen LogP contribution is 2.31. The lowest BCUT2D eigenvalue weighted by Gasteiger charge is -2.15. The van der Waals surface area contributed by atoms with E-state index < -0.39 is 12.1 Å². The number of carboxylic acid groups (broad SMARTS) is 1. The molecule has 0 radical (unpaired) electrons. The lowest BCUT2D eigenvalue weighted by molar-refractivity contribution is -0.144. The molecule has 0 bridgehead atoms. The van der Waals surface area contributed by atoms with Gasteiger partial charge in [0.2, 0.25) is 0 Å². The van der Waals surface area contributed by atoms with Gasteiger partial charge in [0.05, 0.1) is 19.0 Å². The summed E-state index contributed by atoms with van der Waals surface area (Å²) in [7, 11) is 1.50. The molecule has 0 heterocycles. The topological polar surface area (TPSA) is 80.1 Å². The largest absolute Gasteiger partial charge is 0.493 e. The highest BCUT2D eigenvalue weighted by atomic mass is 16.5. The summed E-state index contributed by atoms with van der Waals surface area (Å²) < 4.78 is 10.7. The number of ether oxygens (including phenoxy) is 2. The molecular formula is C17H18N2O4. The molecule has 6 heteroatoms. The SMILES string of the molecule is COc1cccc(C=NNc2ccccc2)c1OC(C)C(=O)O. The third kappa shape index (κ3) is 4.47. The quantitative estimate of drug-likeness (QED) is 0.606. The van der Waals surface area contributed by atoms with Gasteiger partial charge in [0.25, 0.3) is 0 Å². The maximum absolute atomic E-state index is 11.0. The predicted octanol–water partition coefficient (Wildman–Crippen LogP) is 2.99. The molecule has 0 fully saturated rings. The van der Waals surface area contributed by atoms with Crippen molar-refractivity contribution < 1.29 is 19.4 Å². The van der Waals surface area contributed by atoms with Gasteiger partial charge in [-0.05, 0) is 31.2 Å². The zero-order chi connectivity index (χ0) is 16.7. The number of hydrogen-bond donors (Lipinski definition) is 2. The van der Waals surface area contributed by atoms with Gasteiger partial charge in [0.1, 0.15) is 0 Å². The van der Waals surface area contributed by atoms with E-state index in [0.717, 1.165) is 5.69 Å². The molecule has 2 aromatic carbocycles. The maximum Gasteiger partial charge on any atom is 0.344 e. The zero-order valence-electron chi connectivity index (χ0n) is 12.9. The minimum Gasteiger partial charge on any atom is -0.493 e. The van der Waals surface area contributed by atoms with Crippen LogP contribution in [0.4, 0.5) is 5.69 Å². The molecule has 1 atom stereocenters. The summed E-state index contributed by atoms with van der Waals surface area (Å²) in [6.07, 6.45) is 0.555. The molecular weight excluding hydrogens is 296 g/mol. The van der Waals surface area contributed by atoms with Gasteiger partial charge in [-0.2, -0.15) is 5.10 Å². The van der Waals surface area contributed by atoms with Gasteiger partial charge in [-0.3, -0.25) is 5.43 Å². The summed E-state index contributed by atoms with van der Waals surface area (Å²) in [5.41, 5.74) is 4.34. The molecule has 2 aromatic rings. The average molecular weight is 314 g/mol. The minimum atomic E-state index is -1.05. The number of nitrogens with one attached hydrogen (secondary N) is 1. The van der Waals surface area contributed by atoms with Crippen LogP contribution in [-0.4, -0.2) is 30.5 Å². The molecule has 0 amide bonds. The molecule has 6 nitrogen and oxygen atoms in total. The van der Waals surface area contributed by atoms with Crippen molar-refractivity contribution in [2.45, 2.75) is 13.0 Å². The van der Waals surface area contributed by atoms with Crippen LogP contribution in [0.5, 0.6) is 11.5 Å². The van der Waals surface area contributed by atoms with Crippen LogP contribution in [0.1, 0.15) is 12.5 Å². The van der Waals surface area contributed by atoms with E-state index in [1.807, 2.05) is 30.3 Å². The summed E-state index contributed by atoms with van der Waals surface area (Å²) in [6, 6.07) is 14.7. The van der Waals surface area contributed by atoms with Crippen molar-refractivity contribution in [2.24, 2.45) is 5.10 Å². The fourth-order valence-electron chi connectivity index (χ4n) is 1.84. The van der Waals surface area contributed by atoms with Crippen LogP contribution in [-0.2, 0) is 4.79 Å². The van der Waals surface area contributed by atoms with E-state index in [4.69, 9.17) is 14.6 Å². The smallest absolute Gasteiger partial charge is 0.344 e. The van der Waals surface area contributed by atoms with Crippen molar-refractivity contribution >= 4 is 17.9 Å². The van der Waals surface area contributed by atoms with Crippen molar-refractivity contribution in [3.63, 3.8) is 0 Å². The molecule has 0 aliphatic rings. The minimum absolute atomic E-state index is 0.337. The number of anilines is 1. The van der Waals surface area contributed by atoms with Crippen LogP contribution < -0.4 is 14.9 Å². The molecule has 0 spiro atoms. The molecule has 0 aliphatic heterocycles. The lowest BCUT2D eigenvalue weighted by atomic mass is 10.2. The van der Waals surface area contributed by atoms with Crippen molar-refractivity contribution in [1.29, 1.82) is 0 Å². The molecule has 1 unspecified atom stereocenters. The highest BCUT2D eigenvalue weighted by Gasteiger charge is 2.17. The number of nitrogens with zero attached hydrogens (tertiary/aromatic N) is 1. The summed E-state index contributed by atoms with van der Waals surface area (Å²) in [4.78, 5) is 11.0. The van der Waals surface area contributed by atoms with Crippen molar-refractivity contribution in [3.8, 4) is 11.5 Å². The van der Waals surface area contributed by atoms with Gasteiger partial charge >= 0.3 is 5.97 Å². The number of methoxy groups -OCH3 is 1. The first-order chi connectivity index (χ1) is 11.1. The second-order valence-electron chi connectivity index (χ2n) is 4.71. The lowest BCUT2D eigenvalue weighted by Crippen LogP contribution is -2.23. The van der Waals surface area contributed by atoms with Crippen LogP contribution in [0.3, 0.4) is 0 Å². The van der Waals surface area contributed by atoms with Crippen LogP contribution in [0.2, 0.25) is 0 Å². The van der Waals surface area contributed by atoms with E-state index >= 15 is 0 Å². The van der Waals surface area contributed by atoms with E-state index in [9.17, 15) is 4.79 Å². The fraction of sp³-hybridized carbons (Fsp3) is 0.176. The number of rotatable bonds is 7. The van der Waals surface area contributed by atoms with E-state index in [-0.39, 0.29) is 0 Å². The van der Waals surface area contributed by atoms with Gasteiger partial charge in [-0.1, -0.05) is 24.3 Å². The molecule has 120 valence electrons. The van der Waals surface area contributed by atoms with Gasteiger partial charge in [0.15, 0.2) is 17.6 Å². The number of benzene rings is 2. The van der Waals surface area contributed by atoms with E-state index in [0.29, 0.717) is 17.1 Å². The van der Waals surface area contributed by atoms with Crippen molar-refractivity contribution in [2.75, 3.05) is 12.5 Å². The molecule has 2 N–H and O–H groups in total. The molecule has 0 aromatic heterocycles. The summed E-state index contributed by atoms with van der Waals surface area (Å²) >= 11 is 0. The normalized spacial score (nSPS) is 11.9. The van der Waals surface area contributed by atoms with Gasteiger partial charge in [-0.25, -0.2) is 4.79 Å². The monoisotopic (exact) mass is 314 g/mol. The Morgan fingerprint density at radius 2 is 1.96 bits per heavy atom. The van der Waals surface area contributed by atoms with E-state index in [1.165, 1.54) is 14.0 Å². The van der Waals surface area contributed by atoms with E-state index in [2.05, 4.69) is 10.5 Å². The van der Waals surface area contributed by atoms with Crippen LogP contribution >= 0.6 is 0 Å². The first-order valence-electron chi connectivity index (χ1n) is 7.02. The van der Waals surface area contributed by atoms with E-state index in [1.54, 1.807) is 24.4 Å². The number of hydrogen-bond acceptors (Lipinski definition) is 5. The second kappa shape index (κ2) is 7.84. The highest BCUT2D eigenvalue weighted by molar-refractivity contribution is 5.86. The van der Waals surface area contributed by atoms with Gasteiger partial charge in [0, 0.05) is 5.56 Å². The third-order valence-corrected chi connectivity index (χ3v) is 3.04. The Hall–Kier alpha value is -3.02. The second-order valence-corrected chi connectivity index (χ2v) is 4.71. The van der Waals surface area contributed by atoms with Crippen LogP contribution in [0.15, 0.2) is 53.6 Å². The maximum atomic E-state index is 11.0. The average Bonchev–Trinajstić information content (AvgIpc) is 2.57. The number of hydrazone groups is 1. The molecule has 0 saturated heterocycles. The molecule has 0 aliphatic carbocycles. The molecule has 2 rings (SSSR count). The van der Waals surface area contributed by atoms with Crippen molar-refractivity contribution in [1.82, 2.24) is 0 Å². The van der Waals surface area contributed by atoms with Gasteiger partial charge in [-0.15, -0.1) is 0 Å². The summed E-state index contributed by atoms with van der Waals surface area (Å²) in [6.45, 7) is 1.46. The Bertz CT molecular complexity index is 686. The standard InChI is InChI=1S/C17H18N2O4/c1-12(17(20)21)23-16-13(7-6-10-15(16)22-2)11-18-19-14-8-4-3-5-9-14/h3-12,19H,1-2H3,(H,20,21). The molecule has 23 heavy (non-hydrogen) atoms. The molecule has 0 saturated carbocycles. The number of carbonyl (C=O) groups is 1. The summed E-state index contributed by atoms with van der Waals surface area (Å²) in [5.74, 6) is -0.272. The first-order valence-corrected chi connectivity index (χ1v) is 7.02. The Morgan fingerprint density at radius 1 is 1.22 bits per heavy atom. The summed E-state index contributed by atoms with van der Waals surface area (Å²) in [5, 5.41) is 13.2.